The molecule has 1 aliphatic carbocycles. The zero-order valence-electron chi connectivity index (χ0n) is 13.0. The van der Waals surface area contributed by atoms with Gasteiger partial charge < -0.3 is 4.74 Å². The molecule has 0 atom stereocenters. The average molecular weight is 315 g/mol. The summed E-state index contributed by atoms with van der Waals surface area (Å²) in [5, 5.41) is 4.14. The van der Waals surface area contributed by atoms with Crippen LogP contribution in [0.15, 0.2) is 17.3 Å². The summed E-state index contributed by atoms with van der Waals surface area (Å²) in [6, 6.07) is 1.65. The summed E-state index contributed by atoms with van der Waals surface area (Å²) in [6.45, 7) is 6.66. The second-order valence-corrected chi connectivity index (χ2v) is 7.84. The normalized spacial score (nSPS) is 18.5. The number of sulfonamides is 1. The molecule has 0 aromatic carbocycles. The minimum absolute atomic E-state index is 0.0586. The van der Waals surface area contributed by atoms with Crippen LogP contribution in [0.5, 0.6) is 0 Å². The maximum absolute atomic E-state index is 12.1. The lowest BCUT2D eigenvalue weighted by Crippen LogP contribution is -2.32. The standard InChI is InChI=1S/C14H25N3O3S/c1-12(2)17-10-6-13(16-17)21(18,19)15-9-11-20-14(3)7-4-5-8-14/h6,10,12,15H,4-5,7-9,11H2,1-3H3. The van der Waals surface area contributed by atoms with E-state index in [1.807, 2.05) is 13.8 Å². The van der Waals surface area contributed by atoms with Crippen molar-refractivity contribution < 1.29 is 13.2 Å². The highest BCUT2D eigenvalue weighted by Gasteiger charge is 2.29. The van der Waals surface area contributed by atoms with Crippen molar-refractivity contribution in [3.63, 3.8) is 0 Å². The number of nitrogens with one attached hydrogen (secondary N) is 1. The monoisotopic (exact) mass is 315 g/mol. The van der Waals surface area contributed by atoms with Gasteiger partial charge in [0.1, 0.15) is 0 Å². The van der Waals surface area contributed by atoms with Crippen molar-refractivity contribution in [1.29, 1.82) is 0 Å². The van der Waals surface area contributed by atoms with Crippen molar-refractivity contribution in [2.24, 2.45) is 0 Å². The fourth-order valence-corrected chi connectivity index (χ4v) is 3.51. The molecule has 1 N–H and O–H groups in total. The molecular weight excluding hydrogens is 290 g/mol. The Morgan fingerprint density at radius 2 is 2.10 bits per heavy atom. The summed E-state index contributed by atoms with van der Waals surface area (Å²) in [6.07, 6.45) is 6.16. The number of hydrogen-bond donors (Lipinski definition) is 1. The van der Waals surface area contributed by atoms with Crippen molar-refractivity contribution in [1.82, 2.24) is 14.5 Å². The molecule has 120 valence electrons. The van der Waals surface area contributed by atoms with E-state index in [-0.39, 0.29) is 23.2 Å². The summed E-state index contributed by atoms with van der Waals surface area (Å²) < 4.78 is 34.2. The fourth-order valence-electron chi connectivity index (χ4n) is 2.57. The molecule has 6 nitrogen and oxygen atoms in total. The number of rotatable bonds is 7. The van der Waals surface area contributed by atoms with Crippen molar-refractivity contribution >= 4 is 10.0 Å². The molecule has 1 heterocycles. The van der Waals surface area contributed by atoms with Gasteiger partial charge in [-0.05, 0) is 39.7 Å². The van der Waals surface area contributed by atoms with Gasteiger partial charge in [-0.25, -0.2) is 13.1 Å². The quantitative estimate of drug-likeness (QED) is 0.782. The number of nitrogens with zero attached hydrogens (tertiary/aromatic N) is 2. The largest absolute Gasteiger partial charge is 0.374 e. The first-order valence-electron chi connectivity index (χ1n) is 7.51. The van der Waals surface area contributed by atoms with Gasteiger partial charge in [-0.3, -0.25) is 4.68 Å². The lowest BCUT2D eigenvalue weighted by atomic mass is 10.1. The third kappa shape index (κ3) is 4.28. The third-order valence-electron chi connectivity index (χ3n) is 3.89. The highest BCUT2D eigenvalue weighted by Crippen LogP contribution is 2.32. The van der Waals surface area contributed by atoms with Crippen LogP contribution in [0.25, 0.3) is 0 Å². The van der Waals surface area contributed by atoms with E-state index in [0.29, 0.717) is 6.61 Å². The van der Waals surface area contributed by atoms with Crippen molar-refractivity contribution in [3.05, 3.63) is 12.3 Å². The molecule has 1 aromatic heterocycles. The maximum atomic E-state index is 12.1. The Kier molecular flexibility index (Phi) is 5.06. The van der Waals surface area contributed by atoms with E-state index in [0.717, 1.165) is 12.8 Å². The molecule has 0 radical (unpaired) electrons. The summed E-state index contributed by atoms with van der Waals surface area (Å²) >= 11 is 0. The van der Waals surface area contributed by atoms with Gasteiger partial charge in [0.25, 0.3) is 10.0 Å². The molecule has 0 bridgehead atoms. The smallest absolute Gasteiger partial charge is 0.259 e. The lowest BCUT2D eigenvalue weighted by molar-refractivity contribution is -0.0228. The Balaban J connectivity index is 1.83. The second-order valence-electron chi connectivity index (χ2n) is 6.13. The van der Waals surface area contributed by atoms with Gasteiger partial charge in [0.05, 0.1) is 12.2 Å². The molecule has 21 heavy (non-hydrogen) atoms. The molecule has 0 aliphatic heterocycles. The number of aromatic nitrogens is 2. The van der Waals surface area contributed by atoms with Crippen LogP contribution in [-0.4, -0.2) is 37.0 Å². The van der Waals surface area contributed by atoms with Gasteiger partial charge in [-0.1, -0.05) is 12.8 Å². The topological polar surface area (TPSA) is 73.2 Å². The molecule has 7 heteroatoms. The van der Waals surface area contributed by atoms with Crippen molar-refractivity contribution in [2.75, 3.05) is 13.2 Å². The summed E-state index contributed by atoms with van der Waals surface area (Å²) in [4.78, 5) is 0. The minimum atomic E-state index is -3.55. The molecule has 1 aromatic rings. The summed E-state index contributed by atoms with van der Waals surface area (Å²) in [5.74, 6) is 0. The minimum Gasteiger partial charge on any atom is -0.374 e. The molecule has 0 unspecified atom stereocenters. The molecule has 0 amide bonds. The van der Waals surface area contributed by atoms with Gasteiger partial charge in [-0.15, -0.1) is 0 Å². The van der Waals surface area contributed by atoms with Crippen LogP contribution >= 0.6 is 0 Å². The van der Waals surface area contributed by atoms with E-state index in [9.17, 15) is 8.42 Å². The Labute approximate surface area is 126 Å². The van der Waals surface area contributed by atoms with E-state index in [4.69, 9.17) is 4.74 Å². The second kappa shape index (κ2) is 6.46. The van der Waals surface area contributed by atoms with Crippen LogP contribution in [0.1, 0.15) is 52.5 Å². The Hall–Kier alpha value is -0.920. The maximum Gasteiger partial charge on any atom is 0.259 e. The first-order chi connectivity index (χ1) is 9.82. The van der Waals surface area contributed by atoms with Crippen molar-refractivity contribution in [2.45, 2.75) is 63.1 Å². The Morgan fingerprint density at radius 3 is 2.67 bits per heavy atom. The first-order valence-corrected chi connectivity index (χ1v) is 8.99. The Bertz CT molecular complexity index is 560. The lowest BCUT2D eigenvalue weighted by Gasteiger charge is -2.24. The van der Waals surface area contributed by atoms with Gasteiger partial charge in [0.15, 0.2) is 5.03 Å². The molecular formula is C14H25N3O3S. The predicted octanol–water partition coefficient (Wildman–Crippen LogP) is 2.09. The summed E-state index contributed by atoms with van der Waals surface area (Å²) in [5.41, 5.74) is -0.0787. The first kappa shape index (κ1) is 16.5. The van der Waals surface area contributed by atoms with Crippen LogP contribution in [0.4, 0.5) is 0 Å². The SMILES string of the molecule is CC(C)n1ccc(S(=O)(=O)NCCOC2(C)CCCC2)n1. The van der Waals surface area contributed by atoms with Crippen molar-refractivity contribution in [3.8, 4) is 0 Å². The van der Waals surface area contributed by atoms with E-state index in [1.54, 1.807) is 10.9 Å². The van der Waals surface area contributed by atoms with Crippen LogP contribution in [-0.2, 0) is 14.8 Å². The molecule has 1 saturated carbocycles. The van der Waals surface area contributed by atoms with Gasteiger partial charge in [0, 0.05) is 18.8 Å². The number of ether oxygens (including phenoxy) is 1. The van der Waals surface area contributed by atoms with Gasteiger partial charge in [-0.2, -0.15) is 5.10 Å². The van der Waals surface area contributed by atoms with Crippen LogP contribution in [0.3, 0.4) is 0 Å². The van der Waals surface area contributed by atoms with E-state index in [2.05, 4.69) is 16.7 Å². The van der Waals surface area contributed by atoms with Crippen LogP contribution in [0, 0.1) is 0 Å². The highest BCUT2D eigenvalue weighted by molar-refractivity contribution is 7.89. The molecule has 0 saturated heterocycles. The van der Waals surface area contributed by atoms with Gasteiger partial charge >= 0.3 is 0 Å². The van der Waals surface area contributed by atoms with E-state index < -0.39 is 10.0 Å². The third-order valence-corrected chi connectivity index (χ3v) is 5.25. The zero-order chi connectivity index (χ0) is 15.5. The fraction of sp³-hybridized carbons (Fsp3) is 0.786. The number of hydrogen-bond acceptors (Lipinski definition) is 4. The average Bonchev–Trinajstić information content (AvgIpc) is 3.04. The molecule has 0 spiro atoms. The Morgan fingerprint density at radius 1 is 1.43 bits per heavy atom. The van der Waals surface area contributed by atoms with E-state index >= 15 is 0 Å². The zero-order valence-corrected chi connectivity index (χ0v) is 13.8. The van der Waals surface area contributed by atoms with Crippen LogP contribution < -0.4 is 4.72 Å². The van der Waals surface area contributed by atoms with Gasteiger partial charge in [0.2, 0.25) is 0 Å². The molecule has 2 rings (SSSR count). The van der Waals surface area contributed by atoms with Crippen LogP contribution in [0.2, 0.25) is 0 Å². The molecule has 1 fully saturated rings. The predicted molar refractivity (Wildman–Crippen MR) is 80.6 cm³/mol. The highest BCUT2D eigenvalue weighted by atomic mass is 32.2. The summed E-state index contributed by atoms with van der Waals surface area (Å²) in [7, 11) is -3.55. The molecule has 1 aliphatic rings. The van der Waals surface area contributed by atoms with E-state index in [1.165, 1.54) is 18.9 Å².